The van der Waals surface area contributed by atoms with Crippen LogP contribution in [0, 0.1) is 17.5 Å². The van der Waals surface area contributed by atoms with Crippen LogP contribution in [0.15, 0.2) is 29.6 Å². The minimum Gasteiger partial charge on any atom is -0.490 e. The minimum absolute atomic E-state index is 0.00892. The number of benzene rings is 2. The van der Waals surface area contributed by atoms with Gasteiger partial charge in [0.2, 0.25) is 23.5 Å². The third-order valence-corrected chi connectivity index (χ3v) is 10.5. The van der Waals surface area contributed by atoms with E-state index < -0.39 is 47.1 Å². The summed E-state index contributed by atoms with van der Waals surface area (Å²) < 4.78 is 55.5. The van der Waals surface area contributed by atoms with Crippen LogP contribution in [0.3, 0.4) is 0 Å². The van der Waals surface area contributed by atoms with Gasteiger partial charge in [-0.1, -0.05) is 0 Å². The quantitative estimate of drug-likeness (QED) is 0.243. The van der Waals surface area contributed by atoms with Gasteiger partial charge in [0, 0.05) is 63.1 Å². The summed E-state index contributed by atoms with van der Waals surface area (Å²) in [5, 5.41) is 4.67. The molecular formula is C35H35F3N6O7S. The largest absolute Gasteiger partial charge is 0.490 e. The number of imide groups is 2. The summed E-state index contributed by atoms with van der Waals surface area (Å²) in [6, 6.07) is 3.63. The number of hydrogen-bond donors (Lipinski definition) is 1. The summed E-state index contributed by atoms with van der Waals surface area (Å²) >= 11 is 1.40. The molecule has 274 valence electrons. The number of piperidine rings is 1. The van der Waals surface area contributed by atoms with E-state index in [1.54, 1.807) is 15.2 Å². The third-order valence-electron chi connectivity index (χ3n) is 9.61. The number of unbranched alkanes of at least 4 members (excludes halogenated alkanes) is 1. The van der Waals surface area contributed by atoms with Gasteiger partial charge in [0.25, 0.3) is 11.8 Å². The second-order valence-electron chi connectivity index (χ2n) is 12.8. The number of aromatic nitrogens is 1. The van der Waals surface area contributed by atoms with E-state index in [1.165, 1.54) is 23.5 Å². The molecule has 52 heavy (non-hydrogen) atoms. The van der Waals surface area contributed by atoms with Crippen LogP contribution in [0.25, 0.3) is 11.3 Å². The van der Waals surface area contributed by atoms with Crippen molar-refractivity contribution in [2.75, 3.05) is 68.9 Å². The molecule has 1 N–H and O–H groups in total. The molecule has 0 aliphatic carbocycles. The van der Waals surface area contributed by atoms with Gasteiger partial charge in [-0.05, 0) is 43.5 Å². The molecule has 0 bridgehead atoms. The highest BCUT2D eigenvalue weighted by Gasteiger charge is 2.45. The fraction of sp³-hybridized carbons (Fsp3) is 0.429. The van der Waals surface area contributed by atoms with Crippen LogP contribution in [0.2, 0.25) is 0 Å². The Morgan fingerprint density at radius 1 is 0.904 bits per heavy atom. The Bertz CT molecular complexity index is 1930. The lowest BCUT2D eigenvalue weighted by molar-refractivity contribution is -0.136. The second kappa shape index (κ2) is 14.9. The molecule has 3 aromatic rings. The lowest BCUT2D eigenvalue weighted by Crippen LogP contribution is -2.54. The highest BCUT2D eigenvalue weighted by atomic mass is 32.1. The molecule has 13 nitrogen and oxygen atoms in total. The number of amides is 5. The fourth-order valence-corrected chi connectivity index (χ4v) is 7.67. The summed E-state index contributed by atoms with van der Waals surface area (Å²) in [5.41, 5.74) is 0.746. The summed E-state index contributed by atoms with van der Waals surface area (Å²) in [6.07, 6.45) is 0.991. The normalized spacial score (nSPS) is 19.3. The highest BCUT2D eigenvalue weighted by Crippen LogP contribution is 2.37. The first-order valence-corrected chi connectivity index (χ1v) is 18.0. The van der Waals surface area contributed by atoms with Gasteiger partial charge in [-0.2, -0.15) is 4.39 Å². The van der Waals surface area contributed by atoms with Gasteiger partial charge in [-0.3, -0.25) is 34.2 Å². The first-order chi connectivity index (χ1) is 25.1. The predicted molar refractivity (Wildman–Crippen MR) is 182 cm³/mol. The molecule has 2 aromatic carbocycles. The van der Waals surface area contributed by atoms with Gasteiger partial charge in [-0.15, -0.1) is 11.3 Å². The Balaban J connectivity index is 0.902. The van der Waals surface area contributed by atoms with Crippen LogP contribution in [0.1, 0.15) is 52.8 Å². The van der Waals surface area contributed by atoms with E-state index in [4.69, 9.17) is 9.47 Å². The van der Waals surface area contributed by atoms with E-state index in [2.05, 4.69) is 15.2 Å². The molecule has 17 heteroatoms. The zero-order valence-electron chi connectivity index (χ0n) is 28.0. The van der Waals surface area contributed by atoms with E-state index in [0.717, 1.165) is 22.2 Å². The molecule has 5 amide bonds. The van der Waals surface area contributed by atoms with Gasteiger partial charge < -0.3 is 24.2 Å². The lowest BCUT2D eigenvalue weighted by Gasteiger charge is -2.36. The van der Waals surface area contributed by atoms with Crippen molar-refractivity contribution in [3.8, 4) is 17.0 Å². The van der Waals surface area contributed by atoms with E-state index in [1.807, 2.05) is 0 Å². The van der Waals surface area contributed by atoms with Crippen molar-refractivity contribution in [2.24, 2.45) is 0 Å². The van der Waals surface area contributed by atoms with Gasteiger partial charge in [0.05, 0.1) is 42.3 Å². The number of fused-ring (bicyclic) bond motifs is 1. The monoisotopic (exact) mass is 740 g/mol. The summed E-state index contributed by atoms with van der Waals surface area (Å²) in [4.78, 5) is 74.0. The molecule has 3 saturated heterocycles. The number of nitrogens with one attached hydrogen (secondary N) is 1. The lowest BCUT2D eigenvalue weighted by atomic mass is 10.0. The van der Waals surface area contributed by atoms with Gasteiger partial charge >= 0.3 is 0 Å². The maximum Gasteiger partial charge on any atom is 0.262 e. The molecule has 4 aliphatic rings. The maximum atomic E-state index is 15.3. The van der Waals surface area contributed by atoms with E-state index >= 15 is 4.39 Å². The van der Waals surface area contributed by atoms with Crippen LogP contribution >= 0.6 is 11.3 Å². The Morgan fingerprint density at radius 2 is 1.63 bits per heavy atom. The topological polar surface area (TPSA) is 142 Å². The van der Waals surface area contributed by atoms with Crippen molar-refractivity contribution in [3.63, 3.8) is 0 Å². The molecular weight excluding hydrogens is 705 g/mol. The number of rotatable bonds is 10. The van der Waals surface area contributed by atoms with Crippen LogP contribution in [-0.2, 0) is 19.1 Å². The number of thiazole rings is 1. The Labute approximate surface area is 300 Å². The zero-order valence-corrected chi connectivity index (χ0v) is 28.8. The summed E-state index contributed by atoms with van der Waals surface area (Å²) in [6.45, 7) is 3.74. The van der Waals surface area contributed by atoms with Crippen molar-refractivity contribution < 1.29 is 46.6 Å². The maximum absolute atomic E-state index is 15.3. The first kappa shape index (κ1) is 35.4. The van der Waals surface area contributed by atoms with Crippen molar-refractivity contribution >= 4 is 51.7 Å². The van der Waals surface area contributed by atoms with Crippen molar-refractivity contribution in [2.45, 2.75) is 38.1 Å². The smallest absolute Gasteiger partial charge is 0.262 e. The summed E-state index contributed by atoms with van der Waals surface area (Å²) in [5.74, 6) is -5.96. The minimum atomic E-state index is -1.16. The molecule has 7 rings (SSSR count). The SMILES string of the molecule is O=C1CCC(N2C(=O)c3cc(F)c(N4CCN(C(=O)CCCCOc5c(-c6csc(N7CCOCC7)n6)ccc(F)c5F)CC4)cc3C2=O)C(=O)N1. The Hall–Kier alpha value is -5.03. The van der Waals surface area contributed by atoms with Crippen molar-refractivity contribution in [1.82, 2.24) is 20.1 Å². The van der Waals surface area contributed by atoms with Crippen LogP contribution < -0.4 is 19.9 Å². The molecule has 3 fully saturated rings. The molecule has 0 spiro atoms. The Morgan fingerprint density at radius 3 is 2.37 bits per heavy atom. The molecule has 0 saturated carbocycles. The van der Waals surface area contributed by atoms with E-state index in [0.29, 0.717) is 63.5 Å². The number of carbonyl (C=O) groups is 5. The number of morpholine rings is 1. The van der Waals surface area contributed by atoms with Crippen LogP contribution in [0.4, 0.5) is 24.0 Å². The Kier molecular flexibility index (Phi) is 10.1. The molecule has 0 radical (unpaired) electrons. The molecule has 1 atom stereocenters. The van der Waals surface area contributed by atoms with Crippen molar-refractivity contribution in [3.05, 3.63) is 58.2 Å². The number of carbonyl (C=O) groups excluding carboxylic acids is 5. The zero-order chi connectivity index (χ0) is 36.5. The van der Waals surface area contributed by atoms with E-state index in [-0.39, 0.29) is 67.4 Å². The van der Waals surface area contributed by atoms with Gasteiger partial charge in [0.1, 0.15) is 11.9 Å². The number of nitrogens with zero attached hydrogens (tertiary/aromatic N) is 5. The average Bonchev–Trinajstić information content (AvgIpc) is 3.72. The summed E-state index contributed by atoms with van der Waals surface area (Å²) in [7, 11) is 0. The standard InChI is InChI=1S/C35H35F3N6O7S/c36-23-5-4-20(25-19-52-35(39-25)43-12-15-50-16-13-43)31(30(23)38)51-14-2-1-3-29(46)42-10-8-41(9-11-42)27-18-22-21(17-24(27)37)33(48)44(34(22)49)26-6-7-28(45)40-32(26)47/h4-5,17-19,26H,1-3,6-16H2,(H,40,45,47). The van der Waals surface area contributed by atoms with Gasteiger partial charge in [-0.25, -0.2) is 13.8 Å². The van der Waals surface area contributed by atoms with Crippen LogP contribution in [0.5, 0.6) is 5.75 Å². The molecule has 1 aromatic heterocycles. The number of halogens is 3. The second-order valence-corrected chi connectivity index (χ2v) is 13.7. The van der Waals surface area contributed by atoms with Crippen LogP contribution in [-0.4, -0.2) is 109 Å². The number of piperazine rings is 1. The average molecular weight is 741 g/mol. The van der Waals surface area contributed by atoms with Crippen molar-refractivity contribution in [1.29, 1.82) is 0 Å². The number of hydrogen-bond acceptors (Lipinski definition) is 11. The predicted octanol–water partition coefficient (Wildman–Crippen LogP) is 3.36. The number of ether oxygens (including phenoxy) is 2. The third kappa shape index (κ3) is 6.93. The highest BCUT2D eigenvalue weighted by molar-refractivity contribution is 7.14. The first-order valence-electron chi connectivity index (χ1n) is 17.1. The van der Waals surface area contributed by atoms with Gasteiger partial charge in [0.15, 0.2) is 16.7 Å². The van der Waals surface area contributed by atoms with E-state index in [9.17, 15) is 32.8 Å². The molecule has 5 heterocycles. The molecule has 1 unspecified atom stereocenters. The number of anilines is 2. The fourth-order valence-electron chi connectivity index (χ4n) is 6.79. The molecule has 4 aliphatic heterocycles.